The lowest BCUT2D eigenvalue weighted by atomic mass is 9.95. The van der Waals surface area contributed by atoms with Crippen molar-refractivity contribution in [1.29, 1.82) is 0 Å². The van der Waals surface area contributed by atoms with E-state index in [4.69, 9.17) is 9.47 Å². The molecule has 1 aliphatic heterocycles. The van der Waals surface area contributed by atoms with Crippen molar-refractivity contribution < 1.29 is 14.3 Å². The summed E-state index contributed by atoms with van der Waals surface area (Å²) in [7, 11) is 0. The van der Waals surface area contributed by atoms with Gasteiger partial charge in [0.25, 0.3) is 5.78 Å². The predicted molar refractivity (Wildman–Crippen MR) is 85.4 cm³/mol. The lowest BCUT2D eigenvalue weighted by Crippen LogP contribution is -2.18. The van der Waals surface area contributed by atoms with Crippen molar-refractivity contribution in [2.24, 2.45) is 0 Å². The van der Waals surface area contributed by atoms with Crippen LogP contribution in [0, 0.1) is 13.8 Å². The fraction of sp³-hybridized carbons (Fsp3) is 0.294. The summed E-state index contributed by atoms with van der Waals surface area (Å²) >= 11 is 0. The number of rotatable bonds is 2. The minimum atomic E-state index is -0.221. The van der Waals surface area contributed by atoms with E-state index in [1.54, 1.807) is 10.6 Å². The number of fused-ring (bicyclic) bond motifs is 2. The largest absolute Gasteiger partial charge is 0.438 e. The van der Waals surface area contributed by atoms with Gasteiger partial charge in [-0.05, 0) is 31.4 Å². The summed E-state index contributed by atoms with van der Waals surface area (Å²) < 4.78 is 12.9. The zero-order chi connectivity index (χ0) is 16.8. The molecule has 0 aliphatic carbocycles. The Bertz CT molecular complexity index is 964. The molecule has 3 aromatic rings. The molecule has 7 nitrogen and oxygen atoms in total. The molecule has 0 fully saturated rings. The highest BCUT2D eigenvalue weighted by Gasteiger charge is 2.24. The highest BCUT2D eigenvalue weighted by atomic mass is 16.5. The molecule has 7 heteroatoms. The quantitative estimate of drug-likeness (QED) is 0.533. The minimum absolute atomic E-state index is 0.141. The number of ether oxygens (including phenoxy) is 2. The molecule has 4 rings (SSSR count). The molecular formula is C17H16N4O3. The summed E-state index contributed by atoms with van der Waals surface area (Å²) in [4.78, 5) is 20.1. The molecule has 0 saturated carbocycles. The van der Waals surface area contributed by atoms with E-state index in [2.05, 4.69) is 15.1 Å². The Morgan fingerprint density at radius 3 is 3.00 bits per heavy atom. The van der Waals surface area contributed by atoms with Crippen molar-refractivity contribution in [2.75, 3.05) is 0 Å². The molecule has 24 heavy (non-hydrogen) atoms. The van der Waals surface area contributed by atoms with Gasteiger partial charge >= 0.3 is 5.97 Å². The number of benzene rings is 1. The second kappa shape index (κ2) is 5.30. The first-order chi connectivity index (χ1) is 11.5. The summed E-state index contributed by atoms with van der Waals surface area (Å²) in [5, 5.41) is 4.16. The summed E-state index contributed by atoms with van der Waals surface area (Å²) in [5.41, 5.74) is 2.70. The van der Waals surface area contributed by atoms with Crippen LogP contribution >= 0.6 is 0 Å². The lowest BCUT2D eigenvalue weighted by Gasteiger charge is -2.22. The molecule has 0 radical (unpaired) electrons. The number of nitrogens with zero attached hydrogens (tertiary/aromatic N) is 4. The van der Waals surface area contributed by atoms with Gasteiger partial charge in [0.15, 0.2) is 0 Å². The number of carbonyl (C=O) groups excluding carboxylic acids is 1. The maximum Gasteiger partial charge on any atom is 0.311 e. The molecule has 2 aromatic heterocycles. The Labute approximate surface area is 138 Å². The van der Waals surface area contributed by atoms with E-state index in [9.17, 15) is 4.79 Å². The van der Waals surface area contributed by atoms with E-state index in [-0.39, 0.29) is 11.9 Å². The first-order valence-corrected chi connectivity index (χ1v) is 7.72. The Kier molecular flexibility index (Phi) is 3.23. The Hall–Kier alpha value is -2.96. The third kappa shape index (κ3) is 2.29. The highest BCUT2D eigenvalue weighted by Crippen LogP contribution is 2.37. The topological polar surface area (TPSA) is 78.6 Å². The first-order valence-electron chi connectivity index (χ1n) is 7.72. The van der Waals surface area contributed by atoms with Crippen LogP contribution in [-0.2, 0) is 4.79 Å². The van der Waals surface area contributed by atoms with Gasteiger partial charge in [0.2, 0.25) is 5.88 Å². The van der Waals surface area contributed by atoms with Crippen LogP contribution < -0.4 is 9.47 Å². The summed E-state index contributed by atoms with van der Waals surface area (Å²) in [6.07, 6.45) is 1.83. The molecule has 0 N–H and O–H groups in total. The predicted octanol–water partition coefficient (Wildman–Crippen LogP) is 2.95. The van der Waals surface area contributed by atoms with Gasteiger partial charge in [0, 0.05) is 17.3 Å². The van der Waals surface area contributed by atoms with Crippen molar-refractivity contribution in [3.8, 4) is 17.4 Å². The van der Waals surface area contributed by atoms with Crippen LogP contribution in [0.5, 0.6) is 17.4 Å². The number of esters is 1. The van der Waals surface area contributed by atoms with Gasteiger partial charge < -0.3 is 9.47 Å². The molecule has 122 valence electrons. The maximum atomic E-state index is 11.7. The second-order valence-electron chi connectivity index (χ2n) is 5.98. The smallest absolute Gasteiger partial charge is 0.311 e. The molecule has 3 heterocycles. The Morgan fingerprint density at radius 2 is 2.17 bits per heavy atom. The van der Waals surface area contributed by atoms with Crippen LogP contribution in [0.2, 0.25) is 0 Å². The average molecular weight is 324 g/mol. The molecule has 0 bridgehead atoms. The number of hydrogen-bond donors (Lipinski definition) is 0. The van der Waals surface area contributed by atoms with Crippen LogP contribution in [0.4, 0.5) is 0 Å². The average Bonchev–Trinajstić information content (AvgIpc) is 2.99. The van der Waals surface area contributed by atoms with Gasteiger partial charge in [0.1, 0.15) is 17.8 Å². The molecule has 1 aromatic carbocycles. The molecule has 1 aliphatic rings. The number of aryl methyl sites for hydroxylation is 1. The third-order valence-corrected chi connectivity index (χ3v) is 4.28. The SMILES string of the molecule is Cc1nc2ncnn2c(Oc2ccc3c(c2)OC(=O)CC3C)c1C. The zero-order valence-corrected chi connectivity index (χ0v) is 13.6. The highest BCUT2D eigenvalue weighted by molar-refractivity contribution is 5.76. The van der Waals surface area contributed by atoms with Crippen molar-refractivity contribution in [3.63, 3.8) is 0 Å². The van der Waals surface area contributed by atoms with Gasteiger partial charge in [-0.3, -0.25) is 4.79 Å². The fourth-order valence-corrected chi connectivity index (χ4v) is 2.83. The second-order valence-corrected chi connectivity index (χ2v) is 5.98. The number of aromatic nitrogens is 4. The summed E-state index contributed by atoms with van der Waals surface area (Å²) in [6, 6.07) is 5.54. The van der Waals surface area contributed by atoms with Crippen molar-refractivity contribution in [2.45, 2.75) is 33.1 Å². The standard InChI is InChI=1S/C17H16N4O3/c1-9-6-15(22)24-14-7-12(4-5-13(9)14)23-16-10(2)11(3)20-17-18-8-19-21(16)17/h4-5,7-9H,6H2,1-3H3. The monoisotopic (exact) mass is 324 g/mol. The van der Waals surface area contributed by atoms with E-state index >= 15 is 0 Å². The van der Waals surface area contributed by atoms with E-state index in [1.807, 2.05) is 32.9 Å². The molecule has 0 spiro atoms. The Morgan fingerprint density at radius 1 is 1.33 bits per heavy atom. The van der Waals surface area contributed by atoms with E-state index < -0.39 is 0 Å². The van der Waals surface area contributed by atoms with E-state index in [0.717, 1.165) is 16.8 Å². The van der Waals surface area contributed by atoms with Gasteiger partial charge in [-0.2, -0.15) is 14.6 Å². The van der Waals surface area contributed by atoms with E-state index in [0.29, 0.717) is 29.6 Å². The molecule has 1 atom stereocenters. The van der Waals surface area contributed by atoms with Gasteiger partial charge in [-0.15, -0.1) is 0 Å². The maximum absolute atomic E-state index is 11.7. The first kappa shape index (κ1) is 14.6. The molecule has 0 amide bonds. The molecular weight excluding hydrogens is 308 g/mol. The Balaban J connectivity index is 1.77. The van der Waals surface area contributed by atoms with Crippen molar-refractivity contribution in [3.05, 3.63) is 41.3 Å². The van der Waals surface area contributed by atoms with Crippen LogP contribution in [0.25, 0.3) is 5.78 Å². The molecule has 0 saturated heterocycles. The van der Waals surface area contributed by atoms with Crippen LogP contribution in [0.3, 0.4) is 0 Å². The van der Waals surface area contributed by atoms with Crippen LogP contribution in [0.1, 0.15) is 36.1 Å². The summed E-state index contributed by atoms with van der Waals surface area (Å²) in [5.74, 6) is 2.07. The van der Waals surface area contributed by atoms with Gasteiger partial charge in [-0.1, -0.05) is 13.0 Å². The van der Waals surface area contributed by atoms with Crippen molar-refractivity contribution in [1.82, 2.24) is 19.6 Å². The minimum Gasteiger partial charge on any atom is -0.438 e. The van der Waals surface area contributed by atoms with E-state index in [1.165, 1.54) is 6.33 Å². The fourth-order valence-electron chi connectivity index (χ4n) is 2.83. The number of carbonyl (C=O) groups is 1. The third-order valence-electron chi connectivity index (χ3n) is 4.28. The number of hydrogen-bond acceptors (Lipinski definition) is 6. The normalized spacial score (nSPS) is 16.8. The molecule has 1 unspecified atom stereocenters. The zero-order valence-electron chi connectivity index (χ0n) is 13.6. The van der Waals surface area contributed by atoms with Crippen molar-refractivity contribution >= 4 is 11.7 Å². The van der Waals surface area contributed by atoms with Gasteiger partial charge in [-0.25, -0.2) is 4.98 Å². The van der Waals surface area contributed by atoms with Crippen LogP contribution in [-0.4, -0.2) is 25.6 Å². The lowest BCUT2D eigenvalue weighted by molar-refractivity contribution is -0.135. The van der Waals surface area contributed by atoms with Crippen LogP contribution in [0.15, 0.2) is 24.5 Å². The summed E-state index contributed by atoms with van der Waals surface area (Å²) in [6.45, 7) is 5.82. The van der Waals surface area contributed by atoms with Gasteiger partial charge in [0.05, 0.1) is 6.42 Å².